The molecular weight excluding hydrogens is 230 g/mol. The van der Waals surface area contributed by atoms with Crippen molar-refractivity contribution >= 4 is 5.97 Å². The lowest BCUT2D eigenvalue weighted by molar-refractivity contribution is -0.154. The Hall–Kier alpha value is -0.610. The number of fused-ring (bicyclic) bond motifs is 2. The first-order chi connectivity index (χ1) is 8.68. The molecule has 2 aliphatic heterocycles. The average molecular weight is 253 g/mol. The Morgan fingerprint density at radius 3 is 2.33 bits per heavy atom. The van der Waals surface area contributed by atoms with Crippen LogP contribution in [-0.4, -0.2) is 47.8 Å². The van der Waals surface area contributed by atoms with Crippen molar-refractivity contribution in [2.75, 3.05) is 19.6 Å². The molecule has 2 bridgehead atoms. The van der Waals surface area contributed by atoms with E-state index in [0.717, 1.165) is 58.2 Å². The van der Waals surface area contributed by atoms with Crippen molar-refractivity contribution in [2.45, 2.75) is 57.2 Å². The molecule has 3 aliphatic rings. The van der Waals surface area contributed by atoms with Crippen molar-refractivity contribution in [1.82, 2.24) is 4.90 Å². The second-order valence-electron chi connectivity index (χ2n) is 6.30. The largest absolute Gasteiger partial charge is 0.481 e. The first-order valence-corrected chi connectivity index (χ1v) is 7.29. The summed E-state index contributed by atoms with van der Waals surface area (Å²) >= 11 is 0. The molecule has 1 aliphatic carbocycles. The average Bonchev–Trinajstić information content (AvgIpc) is 2.70. The third-order valence-electron chi connectivity index (χ3n) is 4.91. The fraction of sp³-hybridized carbons (Fsp3) is 0.929. The Bertz CT molecular complexity index is 313. The Balaban J connectivity index is 1.67. The SMILES string of the molecule is O=C(O)C1(CN2CC3CCC(C2)O3)CCCCC1. The van der Waals surface area contributed by atoms with Gasteiger partial charge in [-0.1, -0.05) is 19.3 Å². The van der Waals surface area contributed by atoms with Gasteiger partial charge in [-0.05, 0) is 25.7 Å². The van der Waals surface area contributed by atoms with Gasteiger partial charge < -0.3 is 9.84 Å². The third-order valence-corrected chi connectivity index (χ3v) is 4.91. The highest BCUT2D eigenvalue weighted by Gasteiger charge is 2.43. The number of ether oxygens (including phenoxy) is 1. The van der Waals surface area contributed by atoms with Crippen LogP contribution in [0.5, 0.6) is 0 Å². The van der Waals surface area contributed by atoms with Crippen LogP contribution in [0.25, 0.3) is 0 Å². The van der Waals surface area contributed by atoms with Gasteiger partial charge in [0.05, 0.1) is 17.6 Å². The number of carboxylic acids is 1. The summed E-state index contributed by atoms with van der Waals surface area (Å²) in [5, 5.41) is 9.61. The zero-order chi connectivity index (χ0) is 12.6. The van der Waals surface area contributed by atoms with E-state index in [1.54, 1.807) is 0 Å². The predicted molar refractivity (Wildman–Crippen MR) is 67.5 cm³/mol. The minimum Gasteiger partial charge on any atom is -0.481 e. The monoisotopic (exact) mass is 253 g/mol. The van der Waals surface area contributed by atoms with E-state index < -0.39 is 11.4 Å². The number of rotatable bonds is 3. The van der Waals surface area contributed by atoms with Crippen LogP contribution in [0.15, 0.2) is 0 Å². The van der Waals surface area contributed by atoms with E-state index in [1.807, 2.05) is 0 Å². The Morgan fingerprint density at radius 2 is 1.78 bits per heavy atom. The Morgan fingerprint density at radius 1 is 1.17 bits per heavy atom. The molecule has 2 heterocycles. The molecule has 2 unspecified atom stereocenters. The van der Waals surface area contributed by atoms with Crippen molar-refractivity contribution in [2.24, 2.45) is 5.41 Å². The normalized spacial score (nSPS) is 35.6. The van der Waals surface area contributed by atoms with Crippen LogP contribution in [0.3, 0.4) is 0 Å². The Labute approximate surface area is 108 Å². The van der Waals surface area contributed by atoms with Gasteiger partial charge in [0.2, 0.25) is 0 Å². The van der Waals surface area contributed by atoms with Crippen molar-refractivity contribution in [3.05, 3.63) is 0 Å². The highest BCUT2D eigenvalue weighted by atomic mass is 16.5. The quantitative estimate of drug-likeness (QED) is 0.834. The van der Waals surface area contributed by atoms with Crippen LogP contribution >= 0.6 is 0 Å². The van der Waals surface area contributed by atoms with Crippen LogP contribution in [0, 0.1) is 5.41 Å². The number of morpholine rings is 1. The van der Waals surface area contributed by atoms with Gasteiger partial charge in [0.1, 0.15) is 0 Å². The van der Waals surface area contributed by atoms with Crippen molar-refractivity contribution in [3.63, 3.8) is 0 Å². The van der Waals surface area contributed by atoms with Gasteiger partial charge in [0, 0.05) is 19.6 Å². The number of carbonyl (C=O) groups is 1. The fourth-order valence-corrected chi connectivity index (χ4v) is 3.92. The molecule has 4 nitrogen and oxygen atoms in total. The van der Waals surface area contributed by atoms with E-state index in [9.17, 15) is 9.90 Å². The fourth-order valence-electron chi connectivity index (χ4n) is 3.92. The van der Waals surface area contributed by atoms with Crippen molar-refractivity contribution < 1.29 is 14.6 Å². The third kappa shape index (κ3) is 2.28. The molecule has 3 fully saturated rings. The van der Waals surface area contributed by atoms with Crippen LogP contribution in [0.4, 0.5) is 0 Å². The summed E-state index contributed by atoms with van der Waals surface area (Å²) in [6.07, 6.45) is 8.08. The molecule has 0 aromatic rings. The summed E-state index contributed by atoms with van der Waals surface area (Å²) < 4.78 is 5.82. The molecule has 1 N–H and O–H groups in total. The molecule has 0 spiro atoms. The molecule has 3 rings (SSSR count). The summed E-state index contributed by atoms with van der Waals surface area (Å²) in [5.74, 6) is -0.582. The molecule has 102 valence electrons. The first kappa shape index (κ1) is 12.4. The lowest BCUT2D eigenvalue weighted by Crippen LogP contribution is -2.50. The summed E-state index contributed by atoms with van der Waals surface area (Å²) in [6, 6.07) is 0. The van der Waals surface area contributed by atoms with Crippen LogP contribution in [-0.2, 0) is 9.53 Å². The Kier molecular flexibility index (Phi) is 3.32. The van der Waals surface area contributed by atoms with Crippen LogP contribution < -0.4 is 0 Å². The van der Waals surface area contributed by atoms with E-state index in [0.29, 0.717) is 12.2 Å². The second kappa shape index (κ2) is 4.82. The molecule has 0 radical (unpaired) electrons. The van der Waals surface area contributed by atoms with E-state index in [1.165, 1.54) is 6.42 Å². The molecule has 0 aromatic carbocycles. The smallest absolute Gasteiger partial charge is 0.310 e. The summed E-state index contributed by atoms with van der Waals surface area (Å²) in [7, 11) is 0. The number of nitrogens with zero attached hydrogens (tertiary/aromatic N) is 1. The minimum atomic E-state index is -0.582. The summed E-state index contributed by atoms with van der Waals surface area (Å²) in [4.78, 5) is 14.0. The van der Waals surface area contributed by atoms with Gasteiger partial charge in [0.25, 0.3) is 0 Å². The number of carboxylic acid groups (broad SMARTS) is 1. The van der Waals surface area contributed by atoms with Crippen LogP contribution in [0.2, 0.25) is 0 Å². The van der Waals surface area contributed by atoms with Gasteiger partial charge in [-0.2, -0.15) is 0 Å². The number of aliphatic carboxylic acids is 1. The van der Waals surface area contributed by atoms with Gasteiger partial charge in [-0.25, -0.2) is 0 Å². The van der Waals surface area contributed by atoms with Crippen molar-refractivity contribution in [3.8, 4) is 0 Å². The number of hydrogen-bond acceptors (Lipinski definition) is 3. The minimum absolute atomic E-state index is 0.359. The summed E-state index contributed by atoms with van der Waals surface area (Å²) in [5.41, 5.74) is -0.477. The summed E-state index contributed by atoms with van der Waals surface area (Å²) in [6.45, 7) is 2.61. The predicted octanol–water partition coefficient (Wildman–Crippen LogP) is 1.88. The van der Waals surface area contributed by atoms with Gasteiger partial charge >= 0.3 is 5.97 Å². The van der Waals surface area contributed by atoms with E-state index >= 15 is 0 Å². The number of likely N-dealkylation sites (tertiary alicyclic amines) is 1. The van der Waals surface area contributed by atoms with E-state index in [-0.39, 0.29) is 0 Å². The van der Waals surface area contributed by atoms with Gasteiger partial charge in [0.15, 0.2) is 0 Å². The molecule has 18 heavy (non-hydrogen) atoms. The molecular formula is C14H23NO3. The van der Waals surface area contributed by atoms with Crippen molar-refractivity contribution in [1.29, 1.82) is 0 Å². The highest BCUT2D eigenvalue weighted by Crippen LogP contribution is 2.38. The molecule has 4 heteroatoms. The zero-order valence-corrected chi connectivity index (χ0v) is 10.9. The molecule has 0 amide bonds. The first-order valence-electron chi connectivity index (χ1n) is 7.29. The zero-order valence-electron chi connectivity index (χ0n) is 10.9. The van der Waals surface area contributed by atoms with Crippen LogP contribution in [0.1, 0.15) is 44.9 Å². The van der Waals surface area contributed by atoms with Gasteiger partial charge in [-0.15, -0.1) is 0 Å². The van der Waals surface area contributed by atoms with Gasteiger partial charge in [-0.3, -0.25) is 9.69 Å². The van der Waals surface area contributed by atoms with E-state index in [2.05, 4.69) is 4.90 Å². The highest BCUT2D eigenvalue weighted by molar-refractivity contribution is 5.75. The lowest BCUT2D eigenvalue weighted by atomic mass is 9.73. The molecule has 2 atom stereocenters. The molecule has 2 saturated heterocycles. The topological polar surface area (TPSA) is 49.8 Å². The molecule has 0 aromatic heterocycles. The maximum absolute atomic E-state index is 11.7. The van der Waals surface area contributed by atoms with E-state index in [4.69, 9.17) is 4.74 Å². The standard InChI is InChI=1S/C14H23NO3/c16-13(17)14(6-2-1-3-7-14)10-15-8-11-4-5-12(9-15)18-11/h11-12H,1-10H2,(H,16,17). The maximum Gasteiger partial charge on any atom is 0.310 e. The second-order valence-corrected chi connectivity index (χ2v) is 6.30. The lowest BCUT2D eigenvalue weighted by Gasteiger charge is -2.40. The number of hydrogen-bond donors (Lipinski definition) is 1. The maximum atomic E-state index is 11.7. The molecule has 1 saturated carbocycles.